The summed E-state index contributed by atoms with van der Waals surface area (Å²) in [7, 11) is 0. The quantitative estimate of drug-likeness (QED) is 0.741. The summed E-state index contributed by atoms with van der Waals surface area (Å²) >= 11 is 0.988. The molecular formula is C21H22F3N3OS. The highest BCUT2D eigenvalue weighted by Gasteiger charge is 2.43. The predicted octanol–water partition coefficient (Wildman–Crippen LogP) is 4.62. The molecule has 0 saturated heterocycles. The van der Waals surface area contributed by atoms with Crippen LogP contribution in [0, 0.1) is 0 Å². The van der Waals surface area contributed by atoms with Crippen molar-refractivity contribution in [2.45, 2.75) is 37.6 Å². The molecule has 0 fully saturated rings. The fraction of sp³-hybridized carbons (Fsp3) is 0.333. The number of thioether (sulfide) groups is 1. The molecule has 3 rings (SSSR count). The number of rotatable bonds is 5. The lowest BCUT2D eigenvalue weighted by Gasteiger charge is -2.31. The number of nitrogens with zero attached hydrogens (tertiary/aromatic N) is 1. The van der Waals surface area contributed by atoms with E-state index >= 15 is 0 Å². The summed E-state index contributed by atoms with van der Waals surface area (Å²) in [6.07, 6.45) is -4.56. The smallest absolute Gasteiger partial charge is 0.353 e. The summed E-state index contributed by atoms with van der Waals surface area (Å²) in [6.45, 7) is 1.86. The number of halogens is 3. The first-order chi connectivity index (χ1) is 13.8. The first kappa shape index (κ1) is 21.2. The van der Waals surface area contributed by atoms with E-state index in [0.717, 1.165) is 22.9 Å². The predicted molar refractivity (Wildman–Crippen MR) is 110 cm³/mol. The van der Waals surface area contributed by atoms with Gasteiger partial charge in [0.15, 0.2) is 5.17 Å². The van der Waals surface area contributed by atoms with Gasteiger partial charge in [-0.15, -0.1) is 0 Å². The second-order valence-electron chi connectivity index (χ2n) is 6.82. The van der Waals surface area contributed by atoms with Gasteiger partial charge in [0.1, 0.15) is 6.04 Å². The number of aliphatic imine (C=N–C) groups is 1. The van der Waals surface area contributed by atoms with Crippen molar-refractivity contribution in [1.82, 2.24) is 10.6 Å². The Balaban J connectivity index is 1.64. The van der Waals surface area contributed by atoms with Crippen LogP contribution < -0.4 is 10.6 Å². The Bertz CT molecular complexity index is 843. The molecule has 2 N–H and O–H groups in total. The van der Waals surface area contributed by atoms with E-state index in [1.165, 1.54) is 0 Å². The fourth-order valence-corrected chi connectivity index (χ4v) is 3.86. The maximum Gasteiger partial charge on any atom is 0.408 e. The van der Waals surface area contributed by atoms with Crippen LogP contribution in [-0.4, -0.2) is 29.0 Å². The molecular weight excluding hydrogens is 399 g/mol. The Hall–Kier alpha value is -2.48. The van der Waals surface area contributed by atoms with E-state index in [1.807, 2.05) is 43.3 Å². The standard InChI is InChI=1S/C21H22F3N3OS/c1-14(15-8-4-2-5-9-15)25-19(28)13-29-20-26-17(16-10-6-3-7-11-16)12-18(27-20)21(22,23)24/h2-11,14,17-18H,12-13H2,1H3,(H,25,28)(H,26,27)/t14-,17+,18-/m0/s1. The van der Waals surface area contributed by atoms with Crippen molar-refractivity contribution in [2.75, 3.05) is 5.75 Å². The van der Waals surface area contributed by atoms with Gasteiger partial charge in [0, 0.05) is 6.42 Å². The van der Waals surface area contributed by atoms with E-state index in [9.17, 15) is 18.0 Å². The average Bonchev–Trinajstić information content (AvgIpc) is 2.72. The van der Waals surface area contributed by atoms with Gasteiger partial charge in [-0.3, -0.25) is 9.79 Å². The molecule has 1 aliphatic rings. The fourth-order valence-electron chi connectivity index (χ4n) is 3.09. The van der Waals surface area contributed by atoms with Crippen LogP contribution in [0.1, 0.15) is 36.6 Å². The van der Waals surface area contributed by atoms with Gasteiger partial charge < -0.3 is 10.6 Å². The van der Waals surface area contributed by atoms with Crippen molar-refractivity contribution < 1.29 is 18.0 Å². The SMILES string of the molecule is C[C@H](NC(=O)CSC1=N[C@@H](c2ccccc2)C[C@@H](C(F)(F)F)N1)c1ccccc1. The number of hydrogen-bond donors (Lipinski definition) is 2. The second-order valence-corrected chi connectivity index (χ2v) is 7.79. The van der Waals surface area contributed by atoms with Gasteiger partial charge in [0.2, 0.25) is 5.91 Å². The Morgan fingerprint density at radius 3 is 2.41 bits per heavy atom. The van der Waals surface area contributed by atoms with Gasteiger partial charge in [-0.2, -0.15) is 13.2 Å². The van der Waals surface area contributed by atoms with Crippen LogP contribution >= 0.6 is 11.8 Å². The lowest BCUT2D eigenvalue weighted by molar-refractivity contribution is -0.155. The van der Waals surface area contributed by atoms with Crippen LogP contribution in [0.5, 0.6) is 0 Å². The number of carbonyl (C=O) groups is 1. The minimum atomic E-state index is -4.39. The third-order valence-corrected chi connectivity index (χ3v) is 5.53. The van der Waals surface area contributed by atoms with Crippen molar-refractivity contribution in [3.8, 4) is 0 Å². The van der Waals surface area contributed by atoms with Crippen molar-refractivity contribution >= 4 is 22.8 Å². The van der Waals surface area contributed by atoms with Gasteiger partial charge in [-0.25, -0.2) is 0 Å². The molecule has 0 radical (unpaired) electrons. The Morgan fingerprint density at radius 1 is 1.17 bits per heavy atom. The molecule has 154 valence electrons. The Morgan fingerprint density at radius 2 is 1.79 bits per heavy atom. The zero-order valence-electron chi connectivity index (χ0n) is 15.8. The topological polar surface area (TPSA) is 53.5 Å². The molecule has 29 heavy (non-hydrogen) atoms. The van der Waals surface area contributed by atoms with E-state index in [2.05, 4.69) is 15.6 Å². The van der Waals surface area contributed by atoms with Crippen LogP contribution in [0.2, 0.25) is 0 Å². The highest BCUT2D eigenvalue weighted by Crippen LogP contribution is 2.34. The van der Waals surface area contributed by atoms with E-state index in [1.54, 1.807) is 24.3 Å². The van der Waals surface area contributed by atoms with Crippen molar-refractivity contribution in [2.24, 2.45) is 4.99 Å². The molecule has 8 heteroatoms. The summed E-state index contributed by atoms with van der Waals surface area (Å²) in [4.78, 5) is 16.7. The van der Waals surface area contributed by atoms with Crippen LogP contribution in [0.25, 0.3) is 0 Å². The van der Waals surface area contributed by atoms with Crippen LogP contribution in [0.4, 0.5) is 13.2 Å². The molecule has 0 saturated carbocycles. The molecule has 3 atom stereocenters. The van der Waals surface area contributed by atoms with Gasteiger partial charge in [0.25, 0.3) is 0 Å². The molecule has 1 amide bonds. The molecule has 0 aliphatic carbocycles. The number of carbonyl (C=O) groups excluding carboxylic acids is 1. The van der Waals surface area contributed by atoms with E-state index in [-0.39, 0.29) is 29.3 Å². The molecule has 0 unspecified atom stereocenters. The summed E-state index contributed by atoms with van der Waals surface area (Å²) < 4.78 is 40.1. The molecule has 4 nitrogen and oxygen atoms in total. The molecule has 2 aromatic rings. The summed E-state index contributed by atoms with van der Waals surface area (Å²) in [6, 6.07) is 15.9. The van der Waals surface area contributed by atoms with Gasteiger partial charge >= 0.3 is 6.18 Å². The third kappa shape index (κ3) is 6.00. The van der Waals surface area contributed by atoms with Crippen molar-refractivity contribution in [3.05, 3.63) is 71.8 Å². The number of hydrogen-bond acceptors (Lipinski definition) is 4. The highest BCUT2D eigenvalue weighted by atomic mass is 32.2. The highest BCUT2D eigenvalue weighted by molar-refractivity contribution is 8.14. The Kier molecular flexibility index (Phi) is 6.84. The van der Waals surface area contributed by atoms with E-state index < -0.39 is 18.3 Å². The largest absolute Gasteiger partial charge is 0.408 e. The molecule has 1 aliphatic heterocycles. The maximum absolute atomic E-state index is 13.4. The summed E-state index contributed by atoms with van der Waals surface area (Å²) in [5, 5.41) is 5.43. The van der Waals surface area contributed by atoms with Gasteiger partial charge in [-0.1, -0.05) is 72.4 Å². The van der Waals surface area contributed by atoms with Gasteiger partial charge in [0.05, 0.1) is 17.8 Å². The van der Waals surface area contributed by atoms with Crippen LogP contribution in [0.15, 0.2) is 65.7 Å². The molecule has 0 spiro atoms. The summed E-state index contributed by atoms with van der Waals surface area (Å²) in [5.74, 6) is -0.281. The number of amidine groups is 1. The number of alkyl halides is 3. The molecule has 1 heterocycles. The second kappa shape index (κ2) is 9.35. The van der Waals surface area contributed by atoms with Crippen molar-refractivity contribution in [1.29, 1.82) is 0 Å². The van der Waals surface area contributed by atoms with Crippen LogP contribution in [0.3, 0.4) is 0 Å². The number of amides is 1. The van der Waals surface area contributed by atoms with Gasteiger partial charge in [-0.05, 0) is 18.1 Å². The first-order valence-electron chi connectivity index (χ1n) is 9.26. The zero-order chi connectivity index (χ0) is 20.9. The third-order valence-electron chi connectivity index (χ3n) is 4.63. The summed E-state index contributed by atoms with van der Waals surface area (Å²) in [5.41, 5.74) is 1.68. The molecule has 0 bridgehead atoms. The minimum Gasteiger partial charge on any atom is -0.353 e. The maximum atomic E-state index is 13.4. The minimum absolute atomic E-state index is 0.0188. The number of benzene rings is 2. The normalized spacial score (nSPS) is 20.3. The van der Waals surface area contributed by atoms with Crippen LogP contribution in [-0.2, 0) is 4.79 Å². The van der Waals surface area contributed by atoms with E-state index in [0.29, 0.717) is 0 Å². The monoisotopic (exact) mass is 421 g/mol. The number of nitrogens with one attached hydrogen (secondary N) is 2. The lowest BCUT2D eigenvalue weighted by atomic mass is 9.98. The Labute approximate surface area is 172 Å². The molecule has 2 aromatic carbocycles. The molecule has 0 aromatic heterocycles. The first-order valence-corrected chi connectivity index (χ1v) is 10.2. The van der Waals surface area contributed by atoms with E-state index in [4.69, 9.17) is 0 Å². The average molecular weight is 421 g/mol. The van der Waals surface area contributed by atoms with Crippen molar-refractivity contribution in [3.63, 3.8) is 0 Å². The zero-order valence-corrected chi connectivity index (χ0v) is 16.6. The lowest BCUT2D eigenvalue weighted by Crippen LogP contribution is -2.48.